The van der Waals surface area contributed by atoms with Gasteiger partial charge in [0.1, 0.15) is 0 Å². The molecule has 1 atom stereocenters. The van der Waals surface area contributed by atoms with Crippen LogP contribution in [0, 0.1) is 13.8 Å². The summed E-state index contributed by atoms with van der Waals surface area (Å²) in [6, 6.07) is 5.95. The van der Waals surface area contributed by atoms with E-state index < -0.39 is 0 Å². The summed E-state index contributed by atoms with van der Waals surface area (Å²) in [6.07, 6.45) is -0.0893. The largest absolute Gasteiger partial charge is 0.367 e. The maximum Gasteiger partial charge on any atom is 0.254 e. The van der Waals surface area contributed by atoms with E-state index in [1.807, 2.05) is 44.7 Å². The molecule has 0 aromatic heterocycles. The van der Waals surface area contributed by atoms with Crippen molar-refractivity contribution >= 4 is 5.91 Å². The zero-order valence-corrected chi connectivity index (χ0v) is 12.8. The Morgan fingerprint density at radius 3 is 2.50 bits per heavy atom. The maximum absolute atomic E-state index is 12.7. The SMILES string of the molecule is Cc1cc(C)cc(C(=O)N2CC(CN)OC(C)(C)C2)c1. The lowest BCUT2D eigenvalue weighted by atomic mass is 10.0. The number of morpholine rings is 1. The molecule has 1 unspecified atom stereocenters. The van der Waals surface area contributed by atoms with Crippen LogP contribution in [0.1, 0.15) is 35.3 Å². The number of carbonyl (C=O) groups is 1. The molecular formula is C16H24N2O2. The van der Waals surface area contributed by atoms with Crippen molar-refractivity contribution in [3.8, 4) is 0 Å². The average molecular weight is 276 g/mol. The van der Waals surface area contributed by atoms with Crippen molar-refractivity contribution < 1.29 is 9.53 Å². The third-order valence-corrected chi connectivity index (χ3v) is 3.50. The van der Waals surface area contributed by atoms with Crippen LogP contribution in [-0.4, -0.2) is 42.1 Å². The minimum atomic E-state index is -0.350. The number of carbonyl (C=O) groups excluding carboxylic acids is 1. The summed E-state index contributed by atoms with van der Waals surface area (Å²) in [5.41, 5.74) is 8.32. The van der Waals surface area contributed by atoms with Crippen molar-refractivity contribution in [2.75, 3.05) is 19.6 Å². The predicted octanol–water partition coefficient (Wildman–Crippen LogP) is 1.88. The van der Waals surface area contributed by atoms with Gasteiger partial charge < -0.3 is 15.4 Å². The minimum absolute atomic E-state index is 0.0617. The summed E-state index contributed by atoms with van der Waals surface area (Å²) in [5.74, 6) is 0.0617. The third kappa shape index (κ3) is 3.38. The highest BCUT2D eigenvalue weighted by Gasteiger charge is 2.35. The van der Waals surface area contributed by atoms with Crippen LogP contribution in [0.15, 0.2) is 18.2 Å². The highest BCUT2D eigenvalue weighted by atomic mass is 16.5. The third-order valence-electron chi connectivity index (χ3n) is 3.50. The van der Waals surface area contributed by atoms with Crippen molar-refractivity contribution in [1.82, 2.24) is 4.90 Å². The van der Waals surface area contributed by atoms with E-state index in [0.29, 0.717) is 19.6 Å². The van der Waals surface area contributed by atoms with Crippen LogP contribution in [0.25, 0.3) is 0 Å². The maximum atomic E-state index is 12.7. The van der Waals surface area contributed by atoms with E-state index in [4.69, 9.17) is 10.5 Å². The fourth-order valence-corrected chi connectivity index (χ4v) is 2.85. The predicted molar refractivity (Wildman–Crippen MR) is 79.8 cm³/mol. The smallest absolute Gasteiger partial charge is 0.254 e. The molecule has 1 heterocycles. The first kappa shape index (κ1) is 15.0. The Balaban J connectivity index is 2.23. The van der Waals surface area contributed by atoms with Crippen LogP contribution in [0.3, 0.4) is 0 Å². The highest BCUT2D eigenvalue weighted by molar-refractivity contribution is 5.94. The van der Waals surface area contributed by atoms with Gasteiger partial charge in [0.15, 0.2) is 0 Å². The molecule has 1 aromatic rings. The molecule has 0 saturated carbocycles. The quantitative estimate of drug-likeness (QED) is 0.897. The lowest BCUT2D eigenvalue weighted by Crippen LogP contribution is -2.56. The molecule has 0 aliphatic carbocycles. The fourth-order valence-electron chi connectivity index (χ4n) is 2.85. The number of amides is 1. The Morgan fingerprint density at radius 2 is 1.95 bits per heavy atom. The van der Waals surface area contributed by atoms with Gasteiger partial charge in [-0.3, -0.25) is 4.79 Å². The molecule has 1 saturated heterocycles. The van der Waals surface area contributed by atoms with Crippen LogP contribution in [0.4, 0.5) is 0 Å². The Labute approximate surface area is 120 Å². The zero-order chi connectivity index (χ0) is 14.9. The molecular weight excluding hydrogens is 252 g/mol. The first-order valence-electron chi connectivity index (χ1n) is 7.06. The molecule has 4 heteroatoms. The lowest BCUT2D eigenvalue weighted by Gasteiger charge is -2.42. The highest BCUT2D eigenvalue weighted by Crippen LogP contribution is 2.22. The molecule has 110 valence electrons. The molecule has 0 radical (unpaired) electrons. The van der Waals surface area contributed by atoms with Crippen molar-refractivity contribution in [2.45, 2.75) is 39.4 Å². The number of nitrogens with zero attached hydrogens (tertiary/aromatic N) is 1. The van der Waals surface area contributed by atoms with Gasteiger partial charge in [0.25, 0.3) is 5.91 Å². The number of hydrogen-bond donors (Lipinski definition) is 1. The molecule has 1 aliphatic heterocycles. The van der Waals surface area contributed by atoms with E-state index in [1.54, 1.807) is 0 Å². The van der Waals surface area contributed by atoms with Crippen LogP contribution in [0.2, 0.25) is 0 Å². The van der Waals surface area contributed by atoms with Crippen LogP contribution >= 0.6 is 0 Å². The van der Waals surface area contributed by atoms with E-state index >= 15 is 0 Å². The van der Waals surface area contributed by atoms with Gasteiger partial charge in [-0.2, -0.15) is 0 Å². The van der Waals surface area contributed by atoms with Gasteiger partial charge in [-0.25, -0.2) is 0 Å². The number of ether oxygens (including phenoxy) is 1. The molecule has 2 rings (SSSR count). The van der Waals surface area contributed by atoms with Crippen LogP contribution < -0.4 is 5.73 Å². The van der Waals surface area contributed by atoms with E-state index in [-0.39, 0.29) is 17.6 Å². The summed E-state index contributed by atoms with van der Waals surface area (Å²) < 4.78 is 5.87. The van der Waals surface area contributed by atoms with Gasteiger partial charge in [0.05, 0.1) is 11.7 Å². The van der Waals surface area contributed by atoms with Gasteiger partial charge >= 0.3 is 0 Å². The number of hydrogen-bond acceptors (Lipinski definition) is 3. The molecule has 0 bridgehead atoms. The van der Waals surface area contributed by atoms with Gasteiger partial charge in [-0.1, -0.05) is 17.2 Å². The molecule has 1 aliphatic rings. The molecule has 1 amide bonds. The summed E-state index contributed by atoms with van der Waals surface area (Å²) in [7, 11) is 0. The van der Waals surface area contributed by atoms with Crippen LogP contribution in [-0.2, 0) is 4.74 Å². The normalized spacial score (nSPS) is 21.9. The van der Waals surface area contributed by atoms with E-state index in [9.17, 15) is 4.79 Å². The minimum Gasteiger partial charge on any atom is -0.367 e. The monoisotopic (exact) mass is 276 g/mol. The summed E-state index contributed by atoms with van der Waals surface area (Å²) in [5, 5.41) is 0. The number of benzene rings is 1. The molecule has 1 fully saturated rings. The second-order valence-electron chi connectivity index (χ2n) is 6.30. The lowest BCUT2D eigenvalue weighted by molar-refractivity contribution is -0.122. The van der Waals surface area contributed by atoms with Gasteiger partial charge in [0.2, 0.25) is 0 Å². The molecule has 4 nitrogen and oxygen atoms in total. The molecule has 1 aromatic carbocycles. The number of aryl methyl sites for hydroxylation is 2. The Kier molecular flexibility index (Phi) is 4.16. The average Bonchev–Trinajstić information content (AvgIpc) is 2.34. The van der Waals surface area contributed by atoms with Gasteiger partial charge in [0, 0.05) is 25.2 Å². The van der Waals surface area contributed by atoms with E-state index in [0.717, 1.165) is 16.7 Å². The van der Waals surface area contributed by atoms with Gasteiger partial charge in [-0.15, -0.1) is 0 Å². The summed E-state index contributed by atoms with van der Waals surface area (Å²) in [6.45, 7) is 9.60. The first-order valence-corrected chi connectivity index (χ1v) is 7.06. The topological polar surface area (TPSA) is 55.6 Å². The molecule has 2 N–H and O–H groups in total. The number of rotatable bonds is 2. The zero-order valence-electron chi connectivity index (χ0n) is 12.8. The summed E-state index contributed by atoms with van der Waals surface area (Å²) in [4.78, 5) is 14.5. The van der Waals surface area contributed by atoms with E-state index in [1.165, 1.54) is 0 Å². The van der Waals surface area contributed by atoms with Gasteiger partial charge in [-0.05, 0) is 39.8 Å². The number of nitrogens with two attached hydrogens (primary N) is 1. The molecule has 20 heavy (non-hydrogen) atoms. The second-order valence-corrected chi connectivity index (χ2v) is 6.30. The van der Waals surface area contributed by atoms with E-state index in [2.05, 4.69) is 6.07 Å². The van der Waals surface area contributed by atoms with Crippen molar-refractivity contribution in [3.05, 3.63) is 34.9 Å². The van der Waals surface area contributed by atoms with Crippen molar-refractivity contribution in [3.63, 3.8) is 0 Å². The van der Waals surface area contributed by atoms with Crippen molar-refractivity contribution in [2.24, 2.45) is 5.73 Å². The van der Waals surface area contributed by atoms with Crippen molar-refractivity contribution in [1.29, 1.82) is 0 Å². The fraction of sp³-hybridized carbons (Fsp3) is 0.562. The second kappa shape index (κ2) is 5.54. The first-order chi connectivity index (χ1) is 9.30. The summed E-state index contributed by atoms with van der Waals surface area (Å²) >= 11 is 0. The van der Waals surface area contributed by atoms with Crippen LogP contribution in [0.5, 0.6) is 0 Å². The Hall–Kier alpha value is -1.39. The Bertz CT molecular complexity index is 491. The molecule has 0 spiro atoms. The Morgan fingerprint density at radius 1 is 1.35 bits per heavy atom. The standard InChI is InChI=1S/C16H24N2O2/c1-11-5-12(2)7-13(6-11)15(19)18-9-14(8-17)20-16(3,4)10-18/h5-7,14H,8-10,17H2,1-4H3.